The Labute approximate surface area is 154 Å². The van der Waals surface area contributed by atoms with Gasteiger partial charge in [-0.1, -0.05) is 0 Å². The van der Waals surface area contributed by atoms with Crippen molar-refractivity contribution in [1.82, 2.24) is 25.2 Å². The molecule has 0 aromatic carbocycles. The monoisotopic (exact) mass is 379 g/mol. The van der Waals surface area contributed by atoms with Gasteiger partial charge < -0.3 is 15.5 Å². The van der Waals surface area contributed by atoms with E-state index in [-0.39, 0.29) is 18.5 Å². The summed E-state index contributed by atoms with van der Waals surface area (Å²) in [6, 6.07) is 0. The van der Waals surface area contributed by atoms with E-state index in [1.807, 2.05) is 10.3 Å². The second kappa shape index (κ2) is 10.5. The van der Waals surface area contributed by atoms with Crippen molar-refractivity contribution in [2.45, 2.75) is 25.5 Å². The highest BCUT2D eigenvalue weighted by molar-refractivity contribution is 7.13. The molecule has 1 saturated heterocycles. The van der Waals surface area contributed by atoms with Gasteiger partial charge in [-0.2, -0.15) is 0 Å². The predicted molar refractivity (Wildman–Crippen MR) is 95.4 cm³/mol. The van der Waals surface area contributed by atoms with Gasteiger partial charge in [0.05, 0.1) is 31.1 Å². The Balaban J connectivity index is 0.000000758. The quantitative estimate of drug-likeness (QED) is 0.636. The van der Waals surface area contributed by atoms with Gasteiger partial charge in [-0.25, -0.2) is 4.98 Å². The molecule has 0 bridgehead atoms. The van der Waals surface area contributed by atoms with Gasteiger partial charge in [0.15, 0.2) is 0 Å². The number of amides is 1. The van der Waals surface area contributed by atoms with E-state index in [1.165, 1.54) is 11.3 Å². The second-order valence-electron chi connectivity index (χ2n) is 5.65. The van der Waals surface area contributed by atoms with E-state index < -0.39 is 0 Å². The van der Waals surface area contributed by atoms with Crippen molar-refractivity contribution in [2.75, 3.05) is 19.6 Å². The van der Waals surface area contributed by atoms with E-state index in [1.54, 1.807) is 18.6 Å². The number of aromatic nitrogens is 3. The molecule has 2 aromatic heterocycles. The fourth-order valence-electron chi connectivity index (χ4n) is 2.54. The molecule has 1 fully saturated rings. The van der Waals surface area contributed by atoms with Crippen molar-refractivity contribution in [3.8, 4) is 10.7 Å². The summed E-state index contributed by atoms with van der Waals surface area (Å²) < 4.78 is 0. The van der Waals surface area contributed by atoms with E-state index in [2.05, 4.69) is 20.3 Å². The summed E-state index contributed by atoms with van der Waals surface area (Å²) in [5.74, 6) is -0.0480. The number of hydrogen-bond acceptors (Lipinski definition) is 8. The van der Waals surface area contributed by atoms with Gasteiger partial charge in [0.1, 0.15) is 10.7 Å². The van der Waals surface area contributed by atoms with Crippen molar-refractivity contribution in [1.29, 1.82) is 0 Å². The Morgan fingerprint density at radius 2 is 2.27 bits per heavy atom. The van der Waals surface area contributed by atoms with Crippen LogP contribution in [0, 0.1) is 0 Å². The molecule has 140 valence electrons. The molecule has 1 aliphatic heterocycles. The van der Waals surface area contributed by atoms with E-state index in [4.69, 9.17) is 9.90 Å². The van der Waals surface area contributed by atoms with Crippen molar-refractivity contribution in [3.63, 3.8) is 0 Å². The zero-order chi connectivity index (χ0) is 18.8. The van der Waals surface area contributed by atoms with Gasteiger partial charge in [-0.15, -0.1) is 11.3 Å². The van der Waals surface area contributed by atoms with Gasteiger partial charge in [-0.05, 0) is 19.4 Å². The lowest BCUT2D eigenvalue weighted by molar-refractivity contribution is -0.123. The molecule has 0 aliphatic carbocycles. The summed E-state index contributed by atoms with van der Waals surface area (Å²) in [4.78, 5) is 35.0. The first kappa shape index (κ1) is 19.9. The van der Waals surface area contributed by atoms with Gasteiger partial charge >= 0.3 is 0 Å². The number of piperidine rings is 1. The lowest BCUT2D eigenvalue weighted by Crippen LogP contribution is -2.44. The first-order valence-corrected chi connectivity index (χ1v) is 8.96. The summed E-state index contributed by atoms with van der Waals surface area (Å²) in [6.07, 6.45) is 6.36. The molecular weight excluding hydrogens is 358 g/mol. The minimum absolute atomic E-state index is 0.0480. The molecule has 3 rings (SSSR count). The van der Waals surface area contributed by atoms with E-state index in [0.29, 0.717) is 19.6 Å². The fourth-order valence-corrected chi connectivity index (χ4v) is 3.32. The number of nitrogens with zero attached hydrogens (tertiary/aromatic N) is 4. The maximum Gasteiger partial charge on any atom is 0.290 e. The summed E-state index contributed by atoms with van der Waals surface area (Å²) >= 11 is 1.48. The number of carbonyl (C=O) groups excluding carboxylic acids is 1. The Morgan fingerprint density at radius 1 is 1.46 bits per heavy atom. The van der Waals surface area contributed by atoms with Crippen LogP contribution < -0.4 is 5.32 Å². The SMILES string of the molecule is O=C(CN1CCCC(O)C1)NCc1csc(-c2cnccn2)n1.O=CO. The molecule has 1 aliphatic rings. The first-order chi connectivity index (χ1) is 12.6. The summed E-state index contributed by atoms with van der Waals surface area (Å²) in [5, 5.41) is 22.1. The predicted octanol–water partition coefficient (Wildman–Crippen LogP) is 0.374. The highest BCUT2D eigenvalue weighted by atomic mass is 32.1. The Kier molecular flexibility index (Phi) is 8.06. The number of β-amino-alcohol motifs (C(OH)–C–C–N with tert-alkyl or cyclic N) is 1. The molecule has 1 unspecified atom stereocenters. The van der Waals surface area contributed by atoms with Gasteiger partial charge in [-0.3, -0.25) is 24.5 Å². The summed E-state index contributed by atoms with van der Waals surface area (Å²) in [5.41, 5.74) is 1.54. The van der Waals surface area contributed by atoms with Crippen LogP contribution in [0.3, 0.4) is 0 Å². The van der Waals surface area contributed by atoms with Crippen LogP contribution in [-0.4, -0.2) is 68.2 Å². The van der Waals surface area contributed by atoms with Crippen molar-refractivity contribution in [2.24, 2.45) is 0 Å². The molecule has 3 heterocycles. The van der Waals surface area contributed by atoms with E-state index in [0.717, 1.165) is 35.8 Å². The molecule has 3 N–H and O–H groups in total. The average molecular weight is 379 g/mol. The van der Waals surface area contributed by atoms with Crippen LogP contribution in [0.1, 0.15) is 18.5 Å². The Bertz CT molecular complexity index is 697. The number of nitrogens with one attached hydrogen (secondary N) is 1. The Morgan fingerprint density at radius 3 is 2.96 bits per heavy atom. The fraction of sp³-hybridized carbons (Fsp3) is 0.438. The van der Waals surface area contributed by atoms with Gasteiger partial charge in [0, 0.05) is 24.3 Å². The molecule has 10 heteroatoms. The third-order valence-corrected chi connectivity index (χ3v) is 4.56. The number of likely N-dealkylation sites (tertiary alicyclic amines) is 1. The molecule has 2 aromatic rings. The molecule has 1 atom stereocenters. The average Bonchev–Trinajstić information content (AvgIpc) is 3.11. The van der Waals surface area contributed by atoms with Crippen LogP contribution in [0.15, 0.2) is 24.0 Å². The summed E-state index contributed by atoms with van der Waals surface area (Å²) in [6.45, 7) is 1.89. The summed E-state index contributed by atoms with van der Waals surface area (Å²) in [7, 11) is 0. The molecular formula is C16H21N5O4S. The zero-order valence-electron chi connectivity index (χ0n) is 14.1. The number of aliphatic hydroxyl groups is 1. The van der Waals surface area contributed by atoms with Crippen LogP contribution in [-0.2, 0) is 16.1 Å². The number of carbonyl (C=O) groups is 2. The Hall–Kier alpha value is -2.43. The lowest BCUT2D eigenvalue weighted by atomic mass is 10.1. The van der Waals surface area contributed by atoms with E-state index >= 15 is 0 Å². The first-order valence-electron chi connectivity index (χ1n) is 8.08. The topological polar surface area (TPSA) is 129 Å². The smallest absolute Gasteiger partial charge is 0.290 e. The minimum Gasteiger partial charge on any atom is -0.483 e. The normalized spacial score (nSPS) is 17.0. The third kappa shape index (κ3) is 6.47. The number of aliphatic hydroxyl groups excluding tert-OH is 1. The number of hydrogen-bond donors (Lipinski definition) is 3. The largest absolute Gasteiger partial charge is 0.483 e. The second-order valence-corrected chi connectivity index (χ2v) is 6.51. The number of carboxylic acid groups (broad SMARTS) is 1. The van der Waals surface area contributed by atoms with E-state index in [9.17, 15) is 9.90 Å². The van der Waals surface area contributed by atoms with Gasteiger partial charge in [0.2, 0.25) is 5.91 Å². The van der Waals surface area contributed by atoms with Gasteiger partial charge in [0.25, 0.3) is 6.47 Å². The lowest BCUT2D eigenvalue weighted by Gasteiger charge is -2.29. The highest BCUT2D eigenvalue weighted by Crippen LogP contribution is 2.20. The molecule has 1 amide bonds. The maximum absolute atomic E-state index is 12.0. The van der Waals surface area contributed by atoms with Crippen molar-refractivity contribution < 1.29 is 19.8 Å². The molecule has 0 radical (unpaired) electrons. The molecule has 0 spiro atoms. The number of rotatable bonds is 5. The van der Waals surface area contributed by atoms with Crippen LogP contribution in [0.2, 0.25) is 0 Å². The number of thiazole rings is 1. The highest BCUT2D eigenvalue weighted by Gasteiger charge is 2.19. The van der Waals surface area contributed by atoms with Crippen LogP contribution in [0.4, 0.5) is 0 Å². The van der Waals surface area contributed by atoms with Crippen molar-refractivity contribution in [3.05, 3.63) is 29.7 Å². The zero-order valence-corrected chi connectivity index (χ0v) is 14.9. The molecule has 9 nitrogen and oxygen atoms in total. The van der Waals surface area contributed by atoms with Crippen molar-refractivity contribution >= 4 is 23.7 Å². The standard InChI is InChI=1S/C15H19N5O2S.CH2O2/c21-12-2-1-5-20(8-12)9-14(22)18-6-11-10-23-15(19-11)13-7-16-3-4-17-13;2-1-3/h3-4,7,10,12,21H,1-2,5-6,8-9H2,(H,18,22);1H,(H,2,3). The third-order valence-electron chi connectivity index (χ3n) is 3.65. The van der Waals surface area contributed by atoms with Crippen LogP contribution >= 0.6 is 11.3 Å². The van der Waals surface area contributed by atoms with Crippen LogP contribution in [0.5, 0.6) is 0 Å². The molecule has 26 heavy (non-hydrogen) atoms. The molecule has 0 saturated carbocycles. The van der Waals surface area contributed by atoms with Crippen LogP contribution in [0.25, 0.3) is 10.7 Å². The minimum atomic E-state index is -0.315. The maximum atomic E-state index is 12.0.